The van der Waals surface area contributed by atoms with Crippen molar-refractivity contribution in [3.63, 3.8) is 0 Å². The minimum atomic E-state index is -0.131. The molecular weight excluding hydrogens is 340 g/mol. The topological polar surface area (TPSA) is 26.3 Å². The molecule has 0 fully saturated rings. The molecule has 0 aliphatic carbocycles. The van der Waals surface area contributed by atoms with Crippen molar-refractivity contribution in [2.45, 2.75) is 44.9 Å². The Labute approximate surface area is 142 Å². The van der Waals surface area contributed by atoms with Crippen LogP contribution >= 0.6 is 15.9 Å². The Hall–Kier alpha value is -1.71. The number of carbonyl (C=O) groups excluding carboxylic acids is 1. The highest BCUT2D eigenvalue weighted by molar-refractivity contribution is 9.11. The van der Waals surface area contributed by atoms with E-state index in [2.05, 4.69) is 50.4 Å². The Morgan fingerprint density at radius 1 is 1.00 bits per heavy atom. The molecule has 0 aliphatic rings. The van der Waals surface area contributed by atoms with E-state index in [9.17, 15) is 4.79 Å². The lowest BCUT2D eigenvalue weighted by Gasteiger charge is -1.97. The summed E-state index contributed by atoms with van der Waals surface area (Å²) in [7, 11) is 1.42. The lowest BCUT2D eigenvalue weighted by Crippen LogP contribution is -1.98. The molecule has 0 spiro atoms. The molecule has 0 aromatic heterocycles. The number of methoxy groups -OCH3 is 1. The Bertz CT molecular complexity index is 493. The van der Waals surface area contributed by atoms with Gasteiger partial charge in [-0.1, -0.05) is 58.2 Å². The predicted octanol–water partition coefficient (Wildman–Crippen LogP) is 4.92. The number of hydrogen-bond donors (Lipinski definition) is 0. The molecule has 118 valence electrons. The molecule has 0 radical (unpaired) electrons. The smallest absolute Gasteiger partial charge is 0.305 e. The van der Waals surface area contributed by atoms with Gasteiger partial charge < -0.3 is 4.74 Å². The molecule has 0 atom stereocenters. The fourth-order valence-corrected chi connectivity index (χ4v) is 1.63. The summed E-state index contributed by atoms with van der Waals surface area (Å²) >= 11 is 3.15. The maximum absolute atomic E-state index is 10.9. The van der Waals surface area contributed by atoms with E-state index in [1.807, 2.05) is 18.2 Å². The van der Waals surface area contributed by atoms with Crippen molar-refractivity contribution >= 4 is 21.9 Å². The van der Waals surface area contributed by atoms with Crippen LogP contribution in [-0.2, 0) is 9.53 Å². The second kappa shape index (κ2) is 17.3. The van der Waals surface area contributed by atoms with Crippen LogP contribution in [0.15, 0.2) is 35.4 Å². The molecule has 0 unspecified atom stereocenters. The maximum Gasteiger partial charge on any atom is 0.305 e. The third-order valence-electron chi connectivity index (χ3n) is 2.64. The Morgan fingerprint density at radius 2 is 1.68 bits per heavy atom. The van der Waals surface area contributed by atoms with Crippen LogP contribution in [0, 0.1) is 23.7 Å². The average Bonchev–Trinajstić information content (AvgIpc) is 2.54. The zero-order chi connectivity index (χ0) is 16.3. The summed E-state index contributed by atoms with van der Waals surface area (Å²) in [6.45, 7) is 0. The third kappa shape index (κ3) is 16.3. The quantitative estimate of drug-likeness (QED) is 0.348. The number of unbranched alkanes of at least 4 members (excludes halogenated alkanes) is 4. The van der Waals surface area contributed by atoms with E-state index in [0.717, 1.165) is 38.5 Å². The summed E-state index contributed by atoms with van der Waals surface area (Å²) in [5.74, 6) is 11.8. The van der Waals surface area contributed by atoms with Crippen molar-refractivity contribution in [2.75, 3.05) is 7.11 Å². The molecule has 0 aromatic carbocycles. The summed E-state index contributed by atoms with van der Waals surface area (Å²) < 4.78 is 4.58. The lowest BCUT2D eigenvalue weighted by atomic mass is 10.1. The van der Waals surface area contributed by atoms with E-state index >= 15 is 0 Å². The van der Waals surface area contributed by atoms with Gasteiger partial charge in [-0.25, -0.2) is 0 Å². The fourth-order valence-electron chi connectivity index (χ4n) is 1.50. The third-order valence-corrected chi connectivity index (χ3v) is 2.91. The Balaban J connectivity index is 3.51. The monoisotopic (exact) mass is 362 g/mol. The van der Waals surface area contributed by atoms with Crippen molar-refractivity contribution in [1.82, 2.24) is 0 Å². The van der Waals surface area contributed by atoms with Gasteiger partial charge in [-0.2, -0.15) is 0 Å². The zero-order valence-electron chi connectivity index (χ0n) is 13.1. The van der Waals surface area contributed by atoms with Crippen LogP contribution < -0.4 is 0 Å². The Kier molecular flexibility index (Phi) is 16.0. The molecule has 0 heterocycles. The van der Waals surface area contributed by atoms with Gasteiger partial charge in [0.25, 0.3) is 0 Å². The number of halogens is 1. The lowest BCUT2D eigenvalue weighted by molar-refractivity contribution is -0.140. The highest BCUT2D eigenvalue weighted by Gasteiger charge is 1.97. The molecule has 0 amide bonds. The minimum Gasteiger partial charge on any atom is -0.469 e. The molecule has 0 saturated carbocycles. The molecule has 0 aromatic rings. The van der Waals surface area contributed by atoms with E-state index in [1.165, 1.54) is 7.11 Å². The van der Waals surface area contributed by atoms with Crippen LogP contribution in [0.25, 0.3) is 0 Å². The van der Waals surface area contributed by atoms with E-state index < -0.39 is 0 Å². The summed E-state index contributed by atoms with van der Waals surface area (Å²) in [5.41, 5.74) is 0. The van der Waals surface area contributed by atoms with Crippen LogP contribution in [0.5, 0.6) is 0 Å². The van der Waals surface area contributed by atoms with Gasteiger partial charge in [0.15, 0.2) is 0 Å². The van der Waals surface area contributed by atoms with Gasteiger partial charge in [0, 0.05) is 12.8 Å². The van der Waals surface area contributed by atoms with Gasteiger partial charge in [-0.15, -0.1) is 0 Å². The number of allylic oxidation sites excluding steroid dienone is 5. The predicted molar refractivity (Wildman–Crippen MR) is 96.2 cm³/mol. The number of hydrogen-bond acceptors (Lipinski definition) is 2. The molecule has 0 N–H and O–H groups in total. The summed E-state index contributed by atoms with van der Waals surface area (Å²) in [6, 6.07) is 0. The first-order chi connectivity index (χ1) is 10.8. The van der Waals surface area contributed by atoms with Crippen LogP contribution in [0.1, 0.15) is 44.9 Å². The molecule has 2 nitrogen and oxygen atoms in total. The molecule has 0 saturated heterocycles. The van der Waals surface area contributed by atoms with Gasteiger partial charge in [0.1, 0.15) is 0 Å². The second-order valence-corrected chi connectivity index (χ2v) is 4.95. The summed E-state index contributed by atoms with van der Waals surface area (Å²) in [5, 5.41) is 0. The zero-order valence-corrected chi connectivity index (χ0v) is 14.7. The van der Waals surface area contributed by atoms with Crippen LogP contribution in [0.3, 0.4) is 0 Å². The first-order valence-electron chi connectivity index (χ1n) is 7.42. The van der Waals surface area contributed by atoms with E-state index in [1.54, 1.807) is 11.1 Å². The number of ether oxygens (including phenoxy) is 1. The number of rotatable bonds is 8. The standard InChI is InChI=1S/C19H23BrO2/c1-22-19(21)17-15-13-11-9-7-5-3-2-4-6-8-10-12-14-16-18-20/h2-3,8,10,16,18H,4,6,9,11,13,15,17H2,1H3/b3-2+,10-8-,18-16+. The van der Waals surface area contributed by atoms with Crippen molar-refractivity contribution in [1.29, 1.82) is 0 Å². The van der Waals surface area contributed by atoms with Crippen LogP contribution in [0.2, 0.25) is 0 Å². The molecule has 0 aliphatic heterocycles. The van der Waals surface area contributed by atoms with Crippen LogP contribution in [-0.4, -0.2) is 13.1 Å². The second-order valence-electron chi connectivity index (χ2n) is 4.42. The van der Waals surface area contributed by atoms with Gasteiger partial charge in [0.2, 0.25) is 0 Å². The summed E-state index contributed by atoms with van der Waals surface area (Å²) in [4.78, 5) is 12.6. The van der Waals surface area contributed by atoms with E-state index in [0.29, 0.717) is 6.42 Å². The first kappa shape index (κ1) is 20.3. The number of esters is 1. The highest BCUT2D eigenvalue weighted by Crippen LogP contribution is 2.03. The molecular formula is C19H23BrO2. The molecule has 0 bridgehead atoms. The Morgan fingerprint density at radius 3 is 2.36 bits per heavy atom. The number of carbonyl (C=O) groups is 1. The minimum absolute atomic E-state index is 0.131. The van der Waals surface area contributed by atoms with Gasteiger partial charge >= 0.3 is 5.97 Å². The van der Waals surface area contributed by atoms with Crippen molar-refractivity contribution < 1.29 is 9.53 Å². The first-order valence-corrected chi connectivity index (χ1v) is 8.34. The molecule has 22 heavy (non-hydrogen) atoms. The summed E-state index contributed by atoms with van der Waals surface area (Å²) in [6.07, 6.45) is 15.9. The SMILES string of the molecule is COC(=O)CCCCCC#C/C=C/CC/C=C\C#C/C=C/Br. The van der Waals surface area contributed by atoms with Gasteiger partial charge in [0.05, 0.1) is 7.11 Å². The van der Waals surface area contributed by atoms with Gasteiger partial charge in [-0.3, -0.25) is 4.79 Å². The van der Waals surface area contributed by atoms with Crippen molar-refractivity contribution in [3.8, 4) is 23.7 Å². The fraction of sp³-hybridized carbons (Fsp3) is 0.421. The molecule has 3 heteroatoms. The van der Waals surface area contributed by atoms with E-state index in [-0.39, 0.29) is 5.97 Å². The highest BCUT2D eigenvalue weighted by atomic mass is 79.9. The average molecular weight is 363 g/mol. The van der Waals surface area contributed by atoms with Crippen LogP contribution in [0.4, 0.5) is 0 Å². The van der Waals surface area contributed by atoms with Crippen molar-refractivity contribution in [2.24, 2.45) is 0 Å². The van der Waals surface area contributed by atoms with E-state index in [4.69, 9.17) is 0 Å². The largest absolute Gasteiger partial charge is 0.469 e. The molecule has 0 rings (SSSR count). The van der Waals surface area contributed by atoms with Crippen molar-refractivity contribution in [3.05, 3.63) is 35.4 Å². The normalized spacial score (nSPS) is 10.5. The maximum atomic E-state index is 10.9. The van der Waals surface area contributed by atoms with Gasteiger partial charge in [-0.05, 0) is 48.9 Å².